The van der Waals surface area contributed by atoms with Crippen LogP contribution >= 0.6 is 11.3 Å². The normalized spacial score (nSPS) is 20.9. The molecule has 1 aromatic heterocycles. The van der Waals surface area contributed by atoms with E-state index in [1.165, 1.54) is 10.4 Å². The zero-order chi connectivity index (χ0) is 15.6. The van der Waals surface area contributed by atoms with Crippen molar-refractivity contribution in [3.8, 4) is 0 Å². The maximum Gasteiger partial charge on any atom is 0.236 e. The van der Waals surface area contributed by atoms with Crippen molar-refractivity contribution >= 4 is 27.1 Å². The molecule has 0 radical (unpaired) electrons. The molecule has 1 fully saturated rings. The fourth-order valence-corrected chi connectivity index (χ4v) is 5.22. The molecule has 2 heterocycles. The molecule has 1 aromatic rings. The number of aryl methyl sites for hydroxylation is 1. The smallest absolute Gasteiger partial charge is 0.236 e. The number of hydrogen-bond acceptors (Lipinski definition) is 5. The molecular formula is C14H22N2O3S2. The summed E-state index contributed by atoms with van der Waals surface area (Å²) >= 11 is 1.65. The number of amides is 1. The second kappa shape index (κ2) is 6.46. The van der Waals surface area contributed by atoms with E-state index in [9.17, 15) is 13.2 Å². The third-order valence-electron chi connectivity index (χ3n) is 3.99. The number of carbonyl (C=O) groups excluding carboxylic acids is 1. The summed E-state index contributed by atoms with van der Waals surface area (Å²) in [6.45, 7) is 2.92. The zero-order valence-corrected chi connectivity index (χ0v) is 14.3. The van der Waals surface area contributed by atoms with Gasteiger partial charge in [-0.1, -0.05) is 0 Å². The maximum absolute atomic E-state index is 12.2. The molecule has 118 valence electrons. The van der Waals surface area contributed by atoms with Gasteiger partial charge in [0.2, 0.25) is 5.91 Å². The molecule has 5 nitrogen and oxygen atoms in total. The Morgan fingerprint density at radius 3 is 2.67 bits per heavy atom. The number of thiophene rings is 1. The highest BCUT2D eigenvalue weighted by Gasteiger charge is 2.31. The van der Waals surface area contributed by atoms with Crippen LogP contribution < -0.4 is 0 Å². The lowest BCUT2D eigenvalue weighted by molar-refractivity contribution is -0.131. The number of likely N-dealkylation sites (N-methyl/N-ethyl adjacent to an activating group) is 2. The molecule has 0 aromatic carbocycles. The van der Waals surface area contributed by atoms with Gasteiger partial charge in [-0.05, 0) is 37.4 Å². The second-order valence-electron chi connectivity index (χ2n) is 5.75. The molecule has 0 spiro atoms. The Hall–Kier alpha value is -0.920. The molecule has 0 aliphatic carbocycles. The standard InChI is InChI=1S/C14H22N2O3S2/c1-11-4-6-20-13(11)8-16(3)14(17)9-15(2)12-5-7-21(18,19)10-12/h4,6,12H,5,7-10H2,1-3H3/t12-/m1/s1. The van der Waals surface area contributed by atoms with Crippen molar-refractivity contribution in [1.82, 2.24) is 9.80 Å². The van der Waals surface area contributed by atoms with Crippen LogP contribution in [0.15, 0.2) is 11.4 Å². The van der Waals surface area contributed by atoms with Crippen molar-refractivity contribution < 1.29 is 13.2 Å². The number of hydrogen-bond donors (Lipinski definition) is 0. The van der Waals surface area contributed by atoms with E-state index >= 15 is 0 Å². The van der Waals surface area contributed by atoms with Gasteiger partial charge in [-0.15, -0.1) is 11.3 Å². The molecule has 0 N–H and O–H groups in total. The Morgan fingerprint density at radius 2 is 2.14 bits per heavy atom. The zero-order valence-electron chi connectivity index (χ0n) is 12.7. The molecule has 2 rings (SSSR count). The monoisotopic (exact) mass is 330 g/mol. The number of carbonyl (C=O) groups is 1. The maximum atomic E-state index is 12.2. The van der Waals surface area contributed by atoms with Gasteiger partial charge in [0.25, 0.3) is 0 Å². The highest BCUT2D eigenvalue weighted by molar-refractivity contribution is 7.91. The molecule has 1 aliphatic heterocycles. The van der Waals surface area contributed by atoms with Crippen LogP contribution in [-0.4, -0.2) is 62.3 Å². The van der Waals surface area contributed by atoms with E-state index < -0.39 is 9.84 Å². The summed E-state index contributed by atoms with van der Waals surface area (Å²) in [5.74, 6) is 0.430. The van der Waals surface area contributed by atoms with Crippen LogP contribution in [0, 0.1) is 6.92 Å². The third kappa shape index (κ3) is 4.28. The van der Waals surface area contributed by atoms with Crippen molar-refractivity contribution in [2.75, 3.05) is 32.1 Å². The molecule has 0 bridgehead atoms. The van der Waals surface area contributed by atoms with E-state index in [0.717, 1.165) is 0 Å². The quantitative estimate of drug-likeness (QED) is 0.812. The van der Waals surface area contributed by atoms with Crippen LogP contribution in [0.5, 0.6) is 0 Å². The SMILES string of the molecule is Cc1ccsc1CN(C)C(=O)CN(C)[C@@H]1CCS(=O)(=O)C1. The summed E-state index contributed by atoms with van der Waals surface area (Å²) in [4.78, 5) is 17.0. The molecule has 1 amide bonds. The Balaban J connectivity index is 1.87. The van der Waals surface area contributed by atoms with Gasteiger partial charge in [0, 0.05) is 18.0 Å². The molecule has 21 heavy (non-hydrogen) atoms. The van der Waals surface area contributed by atoms with Gasteiger partial charge in [0.15, 0.2) is 9.84 Å². The van der Waals surface area contributed by atoms with Gasteiger partial charge in [-0.25, -0.2) is 8.42 Å². The highest BCUT2D eigenvalue weighted by Crippen LogP contribution is 2.18. The first-order valence-corrected chi connectivity index (χ1v) is 9.66. The van der Waals surface area contributed by atoms with Gasteiger partial charge >= 0.3 is 0 Å². The highest BCUT2D eigenvalue weighted by atomic mass is 32.2. The molecule has 7 heteroatoms. The Bertz CT molecular complexity index is 609. The lowest BCUT2D eigenvalue weighted by atomic mass is 10.2. The van der Waals surface area contributed by atoms with Crippen LogP contribution in [0.2, 0.25) is 0 Å². The predicted octanol–water partition coefficient (Wildman–Crippen LogP) is 1.13. The molecule has 0 unspecified atom stereocenters. The average Bonchev–Trinajstić information content (AvgIpc) is 2.95. The summed E-state index contributed by atoms with van der Waals surface area (Å²) in [6, 6.07) is 2.02. The van der Waals surface area contributed by atoms with Crippen molar-refractivity contribution in [3.63, 3.8) is 0 Å². The summed E-state index contributed by atoms with van der Waals surface area (Å²) in [7, 11) is 0.711. The van der Waals surface area contributed by atoms with Crippen LogP contribution in [0.1, 0.15) is 16.9 Å². The van der Waals surface area contributed by atoms with Crippen molar-refractivity contribution in [2.45, 2.75) is 25.9 Å². The third-order valence-corrected chi connectivity index (χ3v) is 6.75. The van der Waals surface area contributed by atoms with Gasteiger partial charge in [-0.2, -0.15) is 0 Å². The average molecular weight is 330 g/mol. The number of nitrogens with zero attached hydrogens (tertiary/aromatic N) is 2. The Morgan fingerprint density at radius 1 is 1.43 bits per heavy atom. The first kappa shape index (κ1) is 16.5. The van der Waals surface area contributed by atoms with Gasteiger partial charge in [0.1, 0.15) is 0 Å². The molecule has 1 aliphatic rings. The number of rotatable bonds is 5. The fraction of sp³-hybridized carbons (Fsp3) is 0.643. The van der Waals surface area contributed by atoms with E-state index in [1.54, 1.807) is 23.3 Å². The molecule has 1 atom stereocenters. The summed E-state index contributed by atoms with van der Waals surface area (Å²) in [5.41, 5.74) is 1.20. The van der Waals surface area contributed by atoms with Crippen LogP contribution in [0.4, 0.5) is 0 Å². The molecule has 1 saturated heterocycles. The summed E-state index contributed by atoms with van der Waals surface area (Å²) in [6.07, 6.45) is 0.625. The van der Waals surface area contributed by atoms with Crippen molar-refractivity contribution in [1.29, 1.82) is 0 Å². The van der Waals surface area contributed by atoms with Crippen molar-refractivity contribution in [2.24, 2.45) is 0 Å². The van der Waals surface area contributed by atoms with E-state index in [4.69, 9.17) is 0 Å². The lowest BCUT2D eigenvalue weighted by Crippen LogP contribution is -2.41. The largest absolute Gasteiger partial charge is 0.339 e. The predicted molar refractivity (Wildman–Crippen MR) is 85.2 cm³/mol. The first-order chi connectivity index (χ1) is 9.78. The van der Waals surface area contributed by atoms with Gasteiger partial charge in [0.05, 0.1) is 24.6 Å². The lowest BCUT2D eigenvalue weighted by Gasteiger charge is -2.25. The van der Waals surface area contributed by atoms with E-state index in [0.29, 0.717) is 13.0 Å². The van der Waals surface area contributed by atoms with E-state index in [1.807, 2.05) is 30.3 Å². The fourth-order valence-electron chi connectivity index (χ4n) is 2.46. The van der Waals surface area contributed by atoms with Crippen LogP contribution in [0.25, 0.3) is 0 Å². The van der Waals surface area contributed by atoms with Crippen LogP contribution in [-0.2, 0) is 21.2 Å². The summed E-state index contributed by atoms with van der Waals surface area (Å²) < 4.78 is 23.0. The van der Waals surface area contributed by atoms with Gasteiger partial charge in [-0.3, -0.25) is 9.69 Å². The minimum absolute atomic E-state index is 0.0228. The minimum Gasteiger partial charge on any atom is -0.339 e. The van der Waals surface area contributed by atoms with E-state index in [2.05, 4.69) is 0 Å². The molecular weight excluding hydrogens is 308 g/mol. The van der Waals surface area contributed by atoms with Gasteiger partial charge < -0.3 is 4.90 Å². The summed E-state index contributed by atoms with van der Waals surface area (Å²) in [5, 5.41) is 2.03. The van der Waals surface area contributed by atoms with Crippen LogP contribution in [0.3, 0.4) is 0 Å². The topological polar surface area (TPSA) is 57.7 Å². The first-order valence-electron chi connectivity index (χ1n) is 6.96. The van der Waals surface area contributed by atoms with E-state index in [-0.39, 0.29) is 30.0 Å². The molecule has 0 saturated carbocycles. The Kier molecular flexibility index (Phi) is 5.06. The Labute approximate surface area is 130 Å². The number of sulfone groups is 1. The van der Waals surface area contributed by atoms with Crippen molar-refractivity contribution in [3.05, 3.63) is 21.9 Å². The minimum atomic E-state index is -2.91. The second-order valence-corrected chi connectivity index (χ2v) is 8.98.